The standard InChI is InChI=1S/C56H37NO/c1-3-14-36(15-4-1)37-26-30-40(31-27-37)57(41-32-28-39(29-33-41)43-23-13-24-49-44-18-11-12-25-51(44)58-56(43)49)50-35-34-42(38-16-5-2-6-17-38)54-52-45-19-7-9-21-47(45)53(55(50)54)48-22-10-8-20-46(48)52/h1-35,52-53H. The van der Waals surface area contributed by atoms with Gasteiger partial charge in [0.2, 0.25) is 0 Å². The molecule has 0 amide bonds. The van der Waals surface area contributed by atoms with Gasteiger partial charge in [-0.1, -0.05) is 176 Å². The van der Waals surface area contributed by atoms with Crippen LogP contribution in [-0.4, -0.2) is 0 Å². The molecule has 0 saturated heterocycles. The summed E-state index contributed by atoms with van der Waals surface area (Å²) in [6, 6.07) is 77.5. The Bertz CT molecular complexity index is 3110. The first-order valence-corrected chi connectivity index (χ1v) is 20.2. The summed E-state index contributed by atoms with van der Waals surface area (Å²) in [5.41, 5.74) is 20.8. The molecule has 58 heavy (non-hydrogen) atoms. The molecule has 272 valence electrons. The minimum absolute atomic E-state index is 0.0853. The van der Waals surface area contributed by atoms with Crippen molar-refractivity contribution in [3.63, 3.8) is 0 Å². The van der Waals surface area contributed by atoms with Crippen LogP contribution in [0.1, 0.15) is 45.2 Å². The molecular formula is C56H37NO. The fourth-order valence-corrected chi connectivity index (χ4v) is 9.96. The van der Waals surface area contributed by atoms with Gasteiger partial charge >= 0.3 is 0 Å². The van der Waals surface area contributed by atoms with Crippen molar-refractivity contribution in [3.05, 3.63) is 246 Å². The van der Waals surface area contributed by atoms with Crippen molar-refractivity contribution in [2.24, 2.45) is 0 Å². The van der Waals surface area contributed by atoms with E-state index in [4.69, 9.17) is 4.42 Å². The third-order valence-electron chi connectivity index (χ3n) is 12.5. The molecular weight excluding hydrogens is 703 g/mol. The highest BCUT2D eigenvalue weighted by atomic mass is 16.3. The molecule has 1 heterocycles. The van der Waals surface area contributed by atoms with Crippen molar-refractivity contribution in [2.45, 2.75) is 11.8 Å². The highest BCUT2D eigenvalue weighted by Crippen LogP contribution is 2.61. The van der Waals surface area contributed by atoms with E-state index in [1.54, 1.807) is 0 Å². The van der Waals surface area contributed by atoms with Gasteiger partial charge in [-0.2, -0.15) is 0 Å². The first-order valence-electron chi connectivity index (χ1n) is 20.2. The van der Waals surface area contributed by atoms with Crippen molar-refractivity contribution in [1.82, 2.24) is 0 Å². The first-order chi connectivity index (χ1) is 28.8. The number of anilines is 3. The van der Waals surface area contributed by atoms with Gasteiger partial charge < -0.3 is 9.32 Å². The molecule has 1 aromatic heterocycles. The van der Waals surface area contributed by atoms with Gasteiger partial charge in [-0.25, -0.2) is 0 Å². The molecule has 10 aromatic rings. The van der Waals surface area contributed by atoms with Crippen LogP contribution in [0.3, 0.4) is 0 Å². The summed E-state index contributed by atoms with van der Waals surface area (Å²) in [5, 5.41) is 2.28. The lowest BCUT2D eigenvalue weighted by Gasteiger charge is -2.45. The zero-order valence-corrected chi connectivity index (χ0v) is 31.7. The van der Waals surface area contributed by atoms with E-state index in [2.05, 4.69) is 211 Å². The first kappa shape index (κ1) is 32.8. The molecule has 0 fully saturated rings. The highest BCUT2D eigenvalue weighted by molar-refractivity contribution is 6.09. The zero-order valence-electron chi connectivity index (χ0n) is 31.7. The molecule has 0 unspecified atom stereocenters. The Morgan fingerprint density at radius 1 is 0.328 bits per heavy atom. The number of fused-ring (bicyclic) bond motifs is 3. The number of furan rings is 1. The van der Waals surface area contributed by atoms with E-state index >= 15 is 0 Å². The van der Waals surface area contributed by atoms with Gasteiger partial charge in [-0.15, -0.1) is 0 Å². The quantitative estimate of drug-likeness (QED) is 0.169. The summed E-state index contributed by atoms with van der Waals surface area (Å²) in [6.07, 6.45) is 0. The van der Waals surface area contributed by atoms with Crippen LogP contribution in [0.25, 0.3) is 55.3 Å². The van der Waals surface area contributed by atoms with Gasteiger partial charge in [0.1, 0.15) is 11.2 Å². The summed E-state index contributed by atoms with van der Waals surface area (Å²) in [4.78, 5) is 2.49. The second-order valence-corrected chi connectivity index (χ2v) is 15.5. The van der Waals surface area contributed by atoms with E-state index < -0.39 is 0 Å². The average molecular weight is 740 g/mol. The van der Waals surface area contributed by atoms with Crippen LogP contribution in [0.2, 0.25) is 0 Å². The van der Waals surface area contributed by atoms with Gasteiger partial charge in [-0.05, 0) is 97.6 Å². The molecule has 0 N–H and O–H groups in total. The Morgan fingerprint density at radius 2 is 0.810 bits per heavy atom. The van der Waals surface area contributed by atoms with E-state index in [0.29, 0.717) is 0 Å². The normalized spacial score (nSPS) is 14.9. The maximum Gasteiger partial charge on any atom is 0.143 e. The highest BCUT2D eigenvalue weighted by Gasteiger charge is 2.44. The van der Waals surface area contributed by atoms with E-state index in [9.17, 15) is 0 Å². The van der Waals surface area contributed by atoms with Crippen molar-refractivity contribution in [1.29, 1.82) is 0 Å². The molecule has 13 rings (SSSR count). The molecule has 3 aliphatic rings. The van der Waals surface area contributed by atoms with Crippen LogP contribution in [0.15, 0.2) is 217 Å². The summed E-state index contributed by atoms with van der Waals surface area (Å²) >= 11 is 0. The lowest BCUT2D eigenvalue weighted by atomic mass is 9.59. The Balaban J connectivity index is 1.08. The van der Waals surface area contributed by atoms with Crippen molar-refractivity contribution in [2.75, 3.05) is 4.90 Å². The number of rotatable bonds is 6. The monoisotopic (exact) mass is 739 g/mol. The molecule has 3 aliphatic carbocycles. The predicted octanol–water partition coefficient (Wildman–Crippen LogP) is 15.0. The smallest absolute Gasteiger partial charge is 0.143 e. The van der Waals surface area contributed by atoms with Gasteiger partial charge in [0.05, 0.1) is 5.69 Å². The number of nitrogens with zero attached hydrogens (tertiary/aromatic N) is 1. The fraction of sp³-hybridized carbons (Fsp3) is 0.0357. The number of hydrogen-bond donors (Lipinski definition) is 0. The Morgan fingerprint density at radius 3 is 1.45 bits per heavy atom. The third-order valence-corrected chi connectivity index (χ3v) is 12.5. The molecule has 0 spiro atoms. The van der Waals surface area contributed by atoms with E-state index in [1.807, 2.05) is 6.07 Å². The molecule has 2 bridgehead atoms. The Hall–Kier alpha value is -7.42. The van der Waals surface area contributed by atoms with Crippen LogP contribution >= 0.6 is 0 Å². The number of benzene rings is 9. The van der Waals surface area contributed by atoms with E-state index in [1.165, 1.54) is 61.3 Å². The van der Waals surface area contributed by atoms with Crippen LogP contribution in [0.5, 0.6) is 0 Å². The summed E-state index contributed by atoms with van der Waals surface area (Å²) in [6.45, 7) is 0. The minimum atomic E-state index is 0.0853. The second-order valence-electron chi connectivity index (χ2n) is 15.5. The fourth-order valence-electron chi connectivity index (χ4n) is 9.96. The minimum Gasteiger partial charge on any atom is -0.455 e. The van der Waals surface area contributed by atoms with E-state index in [-0.39, 0.29) is 11.8 Å². The van der Waals surface area contributed by atoms with Crippen molar-refractivity contribution in [3.8, 4) is 33.4 Å². The Labute approximate surface area is 337 Å². The SMILES string of the molecule is c1ccc(-c2ccc(N(c3ccc(-c4cccc5c4oc4ccccc45)cc3)c3ccc(-c4ccccc4)c4c3C3c5ccccc5C4c4ccccc43)cc2)cc1. The zero-order chi connectivity index (χ0) is 38.2. The van der Waals surface area contributed by atoms with Crippen molar-refractivity contribution < 1.29 is 4.42 Å². The van der Waals surface area contributed by atoms with Crippen LogP contribution in [0, 0.1) is 0 Å². The van der Waals surface area contributed by atoms with Crippen LogP contribution in [0.4, 0.5) is 17.1 Å². The van der Waals surface area contributed by atoms with E-state index in [0.717, 1.165) is 44.4 Å². The van der Waals surface area contributed by atoms with Crippen LogP contribution < -0.4 is 4.90 Å². The lowest BCUT2D eigenvalue weighted by Crippen LogP contribution is -2.30. The largest absolute Gasteiger partial charge is 0.455 e. The molecule has 0 saturated carbocycles. The molecule has 0 radical (unpaired) electrons. The van der Waals surface area contributed by atoms with Crippen molar-refractivity contribution >= 4 is 39.0 Å². The lowest BCUT2D eigenvalue weighted by molar-refractivity contribution is 0.670. The maximum atomic E-state index is 6.49. The predicted molar refractivity (Wildman–Crippen MR) is 239 cm³/mol. The van der Waals surface area contributed by atoms with Gasteiger partial charge in [-0.3, -0.25) is 0 Å². The molecule has 9 aromatic carbocycles. The topological polar surface area (TPSA) is 16.4 Å². The number of hydrogen-bond acceptors (Lipinski definition) is 2. The average Bonchev–Trinajstić information content (AvgIpc) is 3.69. The molecule has 0 aliphatic heterocycles. The summed E-state index contributed by atoms with van der Waals surface area (Å²) in [5.74, 6) is 0.207. The van der Waals surface area contributed by atoms with Gasteiger partial charge in [0, 0.05) is 39.5 Å². The van der Waals surface area contributed by atoms with Gasteiger partial charge in [0.25, 0.3) is 0 Å². The number of para-hydroxylation sites is 2. The molecule has 0 atom stereocenters. The maximum absolute atomic E-state index is 6.49. The second kappa shape index (κ2) is 13.1. The molecule has 2 heteroatoms. The third kappa shape index (κ3) is 4.98. The van der Waals surface area contributed by atoms with Crippen LogP contribution in [-0.2, 0) is 0 Å². The Kier molecular flexibility index (Phi) is 7.39. The molecule has 2 nitrogen and oxygen atoms in total. The summed E-state index contributed by atoms with van der Waals surface area (Å²) in [7, 11) is 0. The van der Waals surface area contributed by atoms with Gasteiger partial charge in [0.15, 0.2) is 0 Å². The summed E-state index contributed by atoms with van der Waals surface area (Å²) < 4.78 is 6.49.